The van der Waals surface area contributed by atoms with Gasteiger partial charge < -0.3 is 9.47 Å². The van der Waals surface area contributed by atoms with E-state index in [2.05, 4.69) is 20.5 Å². The van der Waals surface area contributed by atoms with Crippen molar-refractivity contribution in [3.05, 3.63) is 105 Å². The van der Waals surface area contributed by atoms with Crippen molar-refractivity contribution < 1.29 is 9.47 Å². The molecule has 3 aromatic carbocycles. The van der Waals surface area contributed by atoms with Gasteiger partial charge in [0.25, 0.3) is 5.56 Å². The number of aryl methyl sites for hydroxylation is 1. The fourth-order valence-corrected chi connectivity index (χ4v) is 3.41. The Labute approximate surface area is 202 Å². The summed E-state index contributed by atoms with van der Waals surface area (Å²) in [4.78, 5) is 19.3. The summed E-state index contributed by atoms with van der Waals surface area (Å²) < 4.78 is 11.4. The van der Waals surface area contributed by atoms with Crippen LogP contribution in [0.2, 0.25) is 0 Å². The lowest BCUT2D eigenvalue weighted by Crippen LogP contribution is -2.16. The Hall–Kier alpha value is -4.90. The second-order valence-electron chi connectivity index (χ2n) is 7.61. The maximum atomic E-state index is 12.4. The number of nitrogens with one attached hydrogen (secondary N) is 2. The molecule has 0 amide bonds. The minimum Gasteiger partial charge on any atom is -0.493 e. The second-order valence-corrected chi connectivity index (χ2v) is 7.61. The molecule has 0 fully saturated rings. The first-order chi connectivity index (χ1) is 17.1. The van der Waals surface area contributed by atoms with Crippen LogP contribution in [-0.2, 0) is 6.61 Å². The zero-order valence-corrected chi connectivity index (χ0v) is 19.3. The Bertz CT molecular complexity index is 1460. The average Bonchev–Trinajstić information content (AvgIpc) is 2.88. The molecule has 0 unspecified atom stereocenters. The molecule has 8 nitrogen and oxygen atoms in total. The summed E-state index contributed by atoms with van der Waals surface area (Å²) in [6.45, 7) is 2.47. The lowest BCUT2D eigenvalue weighted by molar-refractivity contribution is 0.284. The topological polar surface area (TPSA) is 112 Å². The predicted octanol–water partition coefficient (Wildman–Crippen LogP) is 4.65. The number of rotatable bonds is 8. The molecule has 0 spiro atoms. The zero-order valence-electron chi connectivity index (χ0n) is 19.3. The van der Waals surface area contributed by atoms with E-state index >= 15 is 0 Å². The summed E-state index contributed by atoms with van der Waals surface area (Å²) in [6.07, 6.45) is 1.56. The number of hydrogen-bond acceptors (Lipinski definition) is 7. The average molecular weight is 466 g/mol. The summed E-state index contributed by atoms with van der Waals surface area (Å²) in [5.74, 6) is 1.31. The molecule has 0 aliphatic carbocycles. The number of nitriles is 1. The Kier molecular flexibility index (Phi) is 7.19. The van der Waals surface area contributed by atoms with Crippen LogP contribution < -0.4 is 20.5 Å². The van der Waals surface area contributed by atoms with E-state index in [1.54, 1.807) is 31.5 Å². The maximum absolute atomic E-state index is 12.4. The lowest BCUT2D eigenvalue weighted by atomic mass is 10.1. The highest BCUT2D eigenvalue weighted by Gasteiger charge is 2.13. The van der Waals surface area contributed by atoms with Gasteiger partial charge in [0.15, 0.2) is 11.5 Å². The number of anilines is 1. The molecule has 1 aromatic heterocycles. The molecule has 0 aliphatic heterocycles. The summed E-state index contributed by atoms with van der Waals surface area (Å²) in [6, 6.07) is 24.4. The molecule has 0 saturated heterocycles. The summed E-state index contributed by atoms with van der Waals surface area (Å²) >= 11 is 0. The standard InChI is InChI=1S/C27H23N5O3/c1-18-8-6-7-11-21(18)17-35-23-13-12-19(14-24(23)34-2)16-29-32-27-30-25(20-9-4-3-5-10-20)22(15-28)26(33)31-27/h3-14,16H,17H2,1-2H3,(H2,30,31,32,33). The van der Waals surface area contributed by atoms with Crippen LogP contribution in [0.4, 0.5) is 5.95 Å². The number of ether oxygens (including phenoxy) is 2. The molecule has 0 atom stereocenters. The first-order valence-corrected chi connectivity index (χ1v) is 10.8. The van der Waals surface area contributed by atoms with Crippen molar-refractivity contribution in [1.82, 2.24) is 9.97 Å². The Morgan fingerprint density at radius 1 is 1.09 bits per heavy atom. The van der Waals surface area contributed by atoms with Gasteiger partial charge in [-0.1, -0.05) is 54.6 Å². The molecule has 4 aromatic rings. The van der Waals surface area contributed by atoms with Gasteiger partial charge >= 0.3 is 0 Å². The van der Waals surface area contributed by atoms with Crippen LogP contribution >= 0.6 is 0 Å². The highest BCUT2D eigenvalue weighted by molar-refractivity contribution is 5.81. The van der Waals surface area contributed by atoms with E-state index in [-0.39, 0.29) is 17.2 Å². The molecular formula is C27H23N5O3. The summed E-state index contributed by atoms with van der Waals surface area (Å²) in [5, 5.41) is 13.5. The van der Waals surface area contributed by atoms with E-state index in [1.165, 1.54) is 0 Å². The summed E-state index contributed by atoms with van der Waals surface area (Å²) in [7, 11) is 1.58. The molecule has 2 N–H and O–H groups in total. The number of aromatic nitrogens is 2. The van der Waals surface area contributed by atoms with Gasteiger partial charge in [0.1, 0.15) is 18.2 Å². The van der Waals surface area contributed by atoms with Crippen molar-refractivity contribution >= 4 is 12.2 Å². The van der Waals surface area contributed by atoms with E-state index in [1.807, 2.05) is 67.6 Å². The van der Waals surface area contributed by atoms with Crippen molar-refractivity contribution in [3.8, 4) is 28.8 Å². The van der Waals surface area contributed by atoms with Gasteiger partial charge in [-0.15, -0.1) is 0 Å². The molecule has 8 heteroatoms. The molecule has 35 heavy (non-hydrogen) atoms. The molecule has 0 radical (unpaired) electrons. The van der Waals surface area contributed by atoms with E-state index in [0.717, 1.165) is 16.7 Å². The van der Waals surface area contributed by atoms with E-state index < -0.39 is 5.56 Å². The van der Waals surface area contributed by atoms with Crippen LogP contribution in [0.15, 0.2) is 82.7 Å². The third kappa shape index (κ3) is 5.54. The van der Waals surface area contributed by atoms with Gasteiger partial charge in [0.2, 0.25) is 5.95 Å². The van der Waals surface area contributed by atoms with Gasteiger partial charge in [-0.25, -0.2) is 10.4 Å². The van der Waals surface area contributed by atoms with Gasteiger partial charge in [0, 0.05) is 5.56 Å². The Morgan fingerprint density at radius 3 is 2.60 bits per heavy atom. The molecular weight excluding hydrogens is 442 g/mol. The molecule has 1 heterocycles. The normalized spacial score (nSPS) is 10.7. The van der Waals surface area contributed by atoms with Crippen molar-refractivity contribution in [2.75, 3.05) is 12.5 Å². The number of H-pyrrole nitrogens is 1. The number of hydrogen-bond donors (Lipinski definition) is 2. The van der Waals surface area contributed by atoms with E-state index in [4.69, 9.17) is 9.47 Å². The number of methoxy groups -OCH3 is 1. The van der Waals surface area contributed by atoms with Gasteiger partial charge in [0.05, 0.1) is 19.0 Å². The predicted molar refractivity (Wildman–Crippen MR) is 135 cm³/mol. The molecule has 174 valence electrons. The van der Waals surface area contributed by atoms with Crippen molar-refractivity contribution in [1.29, 1.82) is 5.26 Å². The monoisotopic (exact) mass is 465 g/mol. The maximum Gasteiger partial charge on any atom is 0.270 e. The molecule has 0 saturated carbocycles. The van der Waals surface area contributed by atoms with Crippen LogP contribution in [0.3, 0.4) is 0 Å². The summed E-state index contributed by atoms with van der Waals surface area (Å²) in [5.41, 5.74) is 6.07. The van der Waals surface area contributed by atoms with Crippen LogP contribution in [0.5, 0.6) is 11.5 Å². The Balaban J connectivity index is 1.50. The second kappa shape index (κ2) is 10.8. The molecule has 0 bridgehead atoms. The minimum absolute atomic E-state index is 0.0586. The highest BCUT2D eigenvalue weighted by Crippen LogP contribution is 2.28. The Morgan fingerprint density at radius 2 is 1.86 bits per heavy atom. The van der Waals surface area contributed by atoms with Crippen LogP contribution in [-0.4, -0.2) is 23.3 Å². The van der Waals surface area contributed by atoms with Crippen molar-refractivity contribution in [2.45, 2.75) is 13.5 Å². The number of aromatic amines is 1. The number of nitrogens with zero attached hydrogens (tertiary/aromatic N) is 3. The van der Waals surface area contributed by atoms with Crippen molar-refractivity contribution in [2.24, 2.45) is 5.10 Å². The number of benzene rings is 3. The van der Waals surface area contributed by atoms with Crippen molar-refractivity contribution in [3.63, 3.8) is 0 Å². The SMILES string of the molecule is COc1cc(C=NNc2nc(-c3ccccc3)c(C#N)c(=O)[nH]2)ccc1OCc1ccccc1C. The van der Waals surface area contributed by atoms with Gasteiger partial charge in [-0.05, 0) is 41.8 Å². The minimum atomic E-state index is -0.545. The first-order valence-electron chi connectivity index (χ1n) is 10.8. The van der Waals surface area contributed by atoms with Crippen LogP contribution in [0.25, 0.3) is 11.3 Å². The fraction of sp³-hybridized carbons (Fsp3) is 0.111. The van der Waals surface area contributed by atoms with E-state index in [9.17, 15) is 10.1 Å². The van der Waals surface area contributed by atoms with Gasteiger partial charge in [-0.2, -0.15) is 10.4 Å². The molecule has 4 rings (SSSR count). The highest BCUT2D eigenvalue weighted by atomic mass is 16.5. The van der Waals surface area contributed by atoms with E-state index in [0.29, 0.717) is 23.7 Å². The zero-order chi connectivity index (χ0) is 24.6. The molecule has 0 aliphatic rings. The smallest absolute Gasteiger partial charge is 0.270 e. The van der Waals surface area contributed by atoms with Crippen LogP contribution in [0, 0.1) is 18.3 Å². The number of hydrazone groups is 1. The fourth-order valence-electron chi connectivity index (χ4n) is 3.41. The van der Waals surface area contributed by atoms with Crippen LogP contribution in [0.1, 0.15) is 22.3 Å². The third-order valence-corrected chi connectivity index (χ3v) is 5.29. The third-order valence-electron chi connectivity index (χ3n) is 5.29. The largest absolute Gasteiger partial charge is 0.493 e. The van der Waals surface area contributed by atoms with Gasteiger partial charge in [-0.3, -0.25) is 9.78 Å². The quantitative estimate of drug-likeness (QED) is 0.289. The lowest BCUT2D eigenvalue weighted by Gasteiger charge is -2.12. The first kappa shape index (κ1) is 23.3.